The molecule has 0 radical (unpaired) electrons. The predicted molar refractivity (Wildman–Crippen MR) is 105 cm³/mol. The summed E-state index contributed by atoms with van der Waals surface area (Å²) in [6.07, 6.45) is 5.98. The van der Waals surface area contributed by atoms with Crippen LogP contribution in [0.1, 0.15) is 25.6 Å². The van der Waals surface area contributed by atoms with Crippen molar-refractivity contribution in [3.05, 3.63) is 49.2 Å². The highest BCUT2D eigenvalue weighted by atomic mass is 32.1. The molecular weight excluding hydrogens is 386 g/mol. The van der Waals surface area contributed by atoms with E-state index in [1.807, 2.05) is 6.07 Å². The fraction of sp³-hybridized carbons (Fsp3) is 0.235. The number of thiazole rings is 1. The molecule has 1 amide bonds. The maximum absolute atomic E-state index is 12.6. The molecule has 3 aromatic heterocycles. The fourth-order valence-electron chi connectivity index (χ4n) is 2.23. The van der Waals surface area contributed by atoms with E-state index in [1.165, 1.54) is 53.0 Å². The Balaban J connectivity index is 1.91. The van der Waals surface area contributed by atoms with Gasteiger partial charge in [0, 0.05) is 17.9 Å². The molecule has 0 saturated heterocycles. The standard InChI is InChI=1S/C17H17N5O3S2/c1-10(23)20-14-5-4-11(26-14)6-12-16(25)21-15(27-12)7-13(24)17(2,3)22-9-18-8-19-22/h4-9H,1-3H3,(H,20,23)(H,21,25)/b12-6-,15-7+. The first-order valence-electron chi connectivity index (χ1n) is 7.95. The Hall–Kier alpha value is -2.85. The Kier molecular flexibility index (Phi) is 5.19. The lowest BCUT2D eigenvalue weighted by Crippen LogP contribution is -2.36. The van der Waals surface area contributed by atoms with Gasteiger partial charge in [-0.15, -0.1) is 22.7 Å². The van der Waals surface area contributed by atoms with Gasteiger partial charge in [-0.05, 0) is 32.1 Å². The lowest BCUT2D eigenvalue weighted by atomic mass is 10.00. The van der Waals surface area contributed by atoms with E-state index in [2.05, 4.69) is 20.4 Å². The molecule has 0 saturated carbocycles. The second-order valence-electron chi connectivity index (χ2n) is 6.22. The molecule has 0 aliphatic rings. The zero-order valence-corrected chi connectivity index (χ0v) is 16.5. The highest BCUT2D eigenvalue weighted by Crippen LogP contribution is 2.22. The van der Waals surface area contributed by atoms with Crippen molar-refractivity contribution in [3.8, 4) is 0 Å². The van der Waals surface area contributed by atoms with Crippen molar-refractivity contribution in [3.63, 3.8) is 0 Å². The Morgan fingerprint density at radius 1 is 1.30 bits per heavy atom. The van der Waals surface area contributed by atoms with Crippen LogP contribution in [0.4, 0.5) is 5.00 Å². The summed E-state index contributed by atoms with van der Waals surface area (Å²) in [5.74, 6) is -0.358. The predicted octanol–water partition coefficient (Wildman–Crippen LogP) is 0.661. The van der Waals surface area contributed by atoms with Crippen molar-refractivity contribution >= 4 is 51.5 Å². The van der Waals surface area contributed by atoms with Crippen molar-refractivity contribution in [2.24, 2.45) is 0 Å². The Bertz CT molecular complexity index is 1150. The van der Waals surface area contributed by atoms with Gasteiger partial charge in [0.15, 0.2) is 5.78 Å². The molecule has 27 heavy (non-hydrogen) atoms. The van der Waals surface area contributed by atoms with Crippen molar-refractivity contribution in [1.82, 2.24) is 19.7 Å². The molecule has 3 heterocycles. The van der Waals surface area contributed by atoms with Crippen LogP contribution in [-0.4, -0.2) is 31.4 Å². The number of anilines is 1. The Morgan fingerprint density at radius 2 is 2.07 bits per heavy atom. The average Bonchev–Trinajstić information content (AvgIpc) is 3.30. The van der Waals surface area contributed by atoms with E-state index >= 15 is 0 Å². The van der Waals surface area contributed by atoms with Crippen LogP contribution >= 0.6 is 22.7 Å². The molecule has 2 N–H and O–H groups in total. The molecular formula is C17H17N5O3S2. The maximum atomic E-state index is 12.6. The summed E-state index contributed by atoms with van der Waals surface area (Å²) in [4.78, 5) is 43.3. The monoisotopic (exact) mass is 403 g/mol. The fourth-order valence-corrected chi connectivity index (χ4v) is 4.08. The number of amides is 1. The first-order valence-corrected chi connectivity index (χ1v) is 9.58. The molecule has 0 aliphatic heterocycles. The van der Waals surface area contributed by atoms with E-state index in [1.54, 1.807) is 26.0 Å². The highest BCUT2D eigenvalue weighted by molar-refractivity contribution is 7.17. The number of aromatic nitrogens is 4. The summed E-state index contributed by atoms with van der Waals surface area (Å²) in [6.45, 7) is 4.90. The molecule has 0 aliphatic carbocycles. The molecule has 0 atom stereocenters. The average molecular weight is 403 g/mol. The molecule has 140 valence electrons. The maximum Gasteiger partial charge on any atom is 0.266 e. The highest BCUT2D eigenvalue weighted by Gasteiger charge is 2.28. The summed E-state index contributed by atoms with van der Waals surface area (Å²) < 4.78 is 2.41. The number of hydrogen-bond acceptors (Lipinski definition) is 7. The van der Waals surface area contributed by atoms with Gasteiger partial charge in [0.1, 0.15) is 18.2 Å². The van der Waals surface area contributed by atoms with E-state index in [0.29, 0.717) is 14.2 Å². The zero-order chi connectivity index (χ0) is 19.6. The van der Waals surface area contributed by atoms with E-state index in [-0.39, 0.29) is 17.2 Å². The summed E-state index contributed by atoms with van der Waals surface area (Å²) >= 11 is 2.55. The van der Waals surface area contributed by atoms with Crippen LogP contribution in [0.2, 0.25) is 0 Å². The SMILES string of the molecule is CC(=O)Nc1ccc(/C=c2\s/c(=C/C(=O)C(C)(C)n3cncn3)[nH]c2=O)s1. The number of aromatic amines is 1. The number of H-pyrrole nitrogens is 1. The first kappa shape index (κ1) is 18.9. The topological polar surface area (TPSA) is 110 Å². The smallest absolute Gasteiger partial charge is 0.266 e. The number of hydrogen-bond donors (Lipinski definition) is 2. The molecule has 3 aromatic rings. The van der Waals surface area contributed by atoms with Crippen LogP contribution in [0.5, 0.6) is 0 Å². The van der Waals surface area contributed by atoms with Gasteiger partial charge in [0.25, 0.3) is 5.56 Å². The number of Topliss-reactive ketones (excluding diaryl/α,β-unsaturated/α-hetero) is 1. The summed E-state index contributed by atoms with van der Waals surface area (Å²) in [6, 6.07) is 3.59. The Morgan fingerprint density at radius 3 is 2.74 bits per heavy atom. The van der Waals surface area contributed by atoms with Crippen LogP contribution in [0.15, 0.2) is 29.6 Å². The van der Waals surface area contributed by atoms with Crippen LogP contribution in [0, 0.1) is 0 Å². The van der Waals surface area contributed by atoms with Crippen molar-refractivity contribution < 1.29 is 9.59 Å². The van der Waals surface area contributed by atoms with E-state index in [9.17, 15) is 14.4 Å². The number of carbonyl (C=O) groups excluding carboxylic acids is 2. The van der Waals surface area contributed by atoms with Crippen LogP contribution in [0.25, 0.3) is 12.2 Å². The summed E-state index contributed by atoms with van der Waals surface area (Å²) in [7, 11) is 0. The summed E-state index contributed by atoms with van der Waals surface area (Å²) in [5.41, 5.74) is -1.19. The Labute approximate surface area is 161 Å². The molecule has 10 heteroatoms. The number of carbonyl (C=O) groups is 2. The minimum absolute atomic E-state index is 0.150. The van der Waals surface area contributed by atoms with E-state index in [4.69, 9.17) is 0 Å². The van der Waals surface area contributed by atoms with Gasteiger partial charge in [-0.25, -0.2) is 9.67 Å². The number of nitrogens with zero attached hydrogens (tertiary/aromatic N) is 3. The van der Waals surface area contributed by atoms with Gasteiger partial charge >= 0.3 is 0 Å². The lowest BCUT2D eigenvalue weighted by molar-refractivity contribution is -0.120. The van der Waals surface area contributed by atoms with Gasteiger partial charge in [-0.3, -0.25) is 14.4 Å². The van der Waals surface area contributed by atoms with Gasteiger partial charge in [-0.2, -0.15) is 5.10 Å². The van der Waals surface area contributed by atoms with E-state index < -0.39 is 5.54 Å². The number of thiophene rings is 1. The van der Waals surface area contributed by atoms with Crippen molar-refractivity contribution in [1.29, 1.82) is 0 Å². The molecule has 0 aromatic carbocycles. The third-order valence-electron chi connectivity index (χ3n) is 3.74. The second-order valence-corrected chi connectivity index (χ2v) is 8.42. The van der Waals surface area contributed by atoms with Crippen LogP contribution in [0.3, 0.4) is 0 Å². The first-order chi connectivity index (χ1) is 12.8. The van der Waals surface area contributed by atoms with Gasteiger partial charge in [0.05, 0.1) is 14.2 Å². The third kappa shape index (κ3) is 4.29. The van der Waals surface area contributed by atoms with Gasteiger partial charge in [-0.1, -0.05) is 0 Å². The van der Waals surface area contributed by atoms with E-state index in [0.717, 1.165) is 4.88 Å². The number of nitrogens with one attached hydrogen (secondary N) is 2. The lowest BCUT2D eigenvalue weighted by Gasteiger charge is -2.20. The number of ketones is 1. The number of rotatable bonds is 5. The minimum atomic E-state index is -0.914. The van der Waals surface area contributed by atoms with Crippen molar-refractivity contribution in [2.45, 2.75) is 26.3 Å². The molecule has 3 rings (SSSR count). The molecule has 0 bridgehead atoms. The zero-order valence-electron chi connectivity index (χ0n) is 14.8. The largest absolute Gasteiger partial charge is 0.318 e. The quantitative estimate of drug-likeness (QED) is 0.650. The molecule has 0 spiro atoms. The second kappa shape index (κ2) is 7.41. The molecule has 0 unspecified atom stereocenters. The molecule has 0 fully saturated rings. The van der Waals surface area contributed by atoms with Crippen molar-refractivity contribution in [2.75, 3.05) is 5.32 Å². The van der Waals surface area contributed by atoms with Crippen LogP contribution in [-0.2, 0) is 15.1 Å². The van der Waals surface area contributed by atoms with Gasteiger partial charge in [0.2, 0.25) is 5.91 Å². The minimum Gasteiger partial charge on any atom is -0.318 e. The third-order valence-corrected chi connectivity index (χ3v) is 5.65. The summed E-state index contributed by atoms with van der Waals surface area (Å²) in [5, 5.41) is 7.42. The van der Waals surface area contributed by atoms with Crippen LogP contribution < -0.4 is 20.1 Å². The van der Waals surface area contributed by atoms with Gasteiger partial charge < -0.3 is 10.3 Å². The normalized spacial score (nSPS) is 13.1. The molecule has 8 nitrogen and oxygen atoms in total.